The summed E-state index contributed by atoms with van der Waals surface area (Å²) >= 11 is 0. The molecule has 0 unspecified atom stereocenters. The summed E-state index contributed by atoms with van der Waals surface area (Å²) in [5.74, 6) is 0.335. The normalized spacial score (nSPS) is 14.6. The molecule has 1 aliphatic rings. The number of nitrogens with one attached hydrogen (secondary N) is 2. The van der Waals surface area contributed by atoms with Gasteiger partial charge in [-0.05, 0) is 25.0 Å². The second kappa shape index (κ2) is 11.9. The Hall–Kier alpha value is -1.63. The van der Waals surface area contributed by atoms with E-state index in [9.17, 15) is 4.79 Å². The minimum absolute atomic E-state index is 0. The minimum Gasteiger partial charge on any atom is -0.355 e. The molecular weight excluding hydrogens is 375 g/mol. The molecule has 8 heteroatoms. The van der Waals surface area contributed by atoms with Crippen LogP contribution in [0.15, 0.2) is 35.1 Å². The lowest BCUT2D eigenvalue weighted by Gasteiger charge is -2.16. The van der Waals surface area contributed by atoms with Gasteiger partial charge in [-0.3, -0.25) is 9.78 Å². The van der Waals surface area contributed by atoms with Crippen molar-refractivity contribution in [2.45, 2.75) is 44.6 Å². The molecule has 0 radical (unpaired) electrons. The van der Waals surface area contributed by atoms with E-state index < -0.39 is 0 Å². The van der Waals surface area contributed by atoms with Gasteiger partial charge in [0.25, 0.3) is 5.91 Å². The van der Waals surface area contributed by atoms with Gasteiger partial charge < -0.3 is 15.2 Å². The lowest BCUT2D eigenvalue weighted by molar-refractivity contribution is 0.0944. The molecule has 1 amide bonds. The summed E-state index contributed by atoms with van der Waals surface area (Å²) in [6.07, 6.45) is 11.2. The first-order valence-corrected chi connectivity index (χ1v) is 8.71. The van der Waals surface area contributed by atoms with E-state index in [1.165, 1.54) is 38.5 Å². The largest absolute Gasteiger partial charge is 0.355 e. The number of hydrogen-bond acceptors (Lipinski definition) is 5. The van der Waals surface area contributed by atoms with Crippen molar-refractivity contribution in [3.05, 3.63) is 36.3 Å². The van der Waals surface area contributed by atoms with Gasteiger partial charge in [-0.1, -0.05) is 30.8 Å². The molecule has 1 saturated carbocycles. The van der Waals surface area contributed by atoms with Gasteiger partial charge in [-0.15, -0.1) is 24.8 Å². The van der Waals surface area contributed by atoms with E-state index in [0.29, 0.717) is 24.0 Å². The molecule has 0 aromatic carbocycles. The van der Waals surface area contributed by atoms with Gasteiger partial charge >= 0.3 is 0 Å². The van der Waals surface area contributed by atoms with E-state index in [2.05, 4.69) is 20.8 Å². The van der Waals surface area contributed by atoms with Gasteiger partial charge in [0.05, 0.1) is 0 Å². The maximum atomic E-state index is 12.1. The van der Waals surface area contributed by atoms with Crippen LogP contribution in [0.1, 0.15) is 49.0 Å². The third-order valence-electron chi connectivity index (χ3n) is 4.39. The fourth-order valence-corrected chi connectivity index (χ4v) is 3.05. The standard InChI is InChI=1S/C18H24N4O2.2ClH/c23-18(21-11-10-20-15-7-3-1-2-4-8-15)16-12-17(24-22-16)14-6-5-9-19-13-14;;/h5-6,9,12-13,15,20H,1-4,7-8,10-11H2,(H,21,23);2*1H. The molecule has 6 nitrogen and oxygen atoms in total. The van der Waals surface area contributed by atoms with Crippen LogP contribution in [-0.2, 0) is 0 Å². The fraction of sp³-hybridized carbons (Fsp3) is 0.500. The average Bonchev–Trinajstić information content (AvgIpc) is 2.97. The minimum atomic E-state index is -0.212. The number of halogens is 2. The molecule has 1 aliphatic carbocycles. The van der Waals surface area contributed by atoms with E-state index >= 15 is 0 Å². The van der Waals surface area contributed by atoms with Gasteiger partial charge in [0.15, 0.2) is 11.5 Å². The molecule has 0 spiro atoms. The predicted octanol–water partition coefficient (Wildman–Crippen LogP) is 3.62. The number of carbonyl (C=O) groups is 1. The maximum Gasteiger partial charge on any atom is 0.273 e. The van der Waals surface area contributed by atoms with Crippen LogP contribution >= 0.6 is 24.8 Å². The van der Waals surface area contributed by atoms with Crippen LogP contribution in [0.4, 0.5) is 0 Å². The van der Waals surface area contributed by atoms with Crippen LogP contribution in [0.5, 0.6) is 0 Å². The lowest BCUT2D eigenvalue weighted by Crippen LogP contribution is -2.36. The van der Waals surface area contributed by atoms with Crippen LogP contribution in [0.2, 0.25) is 0 Å². The molecular formula is C18H26Cl2N4O2. The molecule has 26 heavy (non-hydrogen) atoms. The molecule has 0 bridgehead atoms. The Bertz CT molecular complexity index is 644. The predicted molar refractivity (Wildman–Crippen MR) is 106 cm³/mol. The monoisotopic (exact) mass is 400 g/mol. The van der Waals surface area contributed by atoms with E-state index in [4.69, 9.17) is 4.52 Å². The quantitative estimate of drug-likeness (QED) is 0.571. The Morgan fingerprint density at radius 2 is 1.92 bits per heavy atom. The molecule has 3 rings (SSSR count). The van der Waals surface area contributed by atoms with E-state index in [1.54, 1.807) is 18.5 Å². The number of amides is 1. The van der Waals surface area contributed by atoms with Crippen molar-refractivity contribution in [3.8, 4) is 11.3 Å². The number of nitrogens with zero attached hydrogens (tertiary/aromatic N) is 2. The van der Waals surface area contributed by atoms with E-state index in [1.807, 2.05) is 12.1 Å². The number of rotatable bonds is 6. The second-order valence-electron chi connectivity index (χ2n) is 6.22. The maximum absolute atomic E-state index is 12.1. The van der Waals surface area contributed by atoms with Crippen LogP contribution in [0, 0.1) is 0 Å². The van der Waals surface area contributed by atoms with Crippen LogP contribution in [0.25, 0.3) is 11.3 Å². The zero-order valence-electron chi connectivity index (χ0n) is 14.6. The first-order chi connectivity index (χ1) is 11.8. The summed E-state index contributed by atoms with van der Waals surface area (Å²) in [6, 6.07) is 5.92. The van der Waals surface area contributed by atoms with Crippen LogP contribution in [0.3, 0.4) is 0 Å². The summed E-state index contributed by atoms with van der Waals surface area (Å²) < 4.78 is 5.22. The summed E-state index contributed by atoms with van der Waals surface area (Å²) in [7, 11) is 0. The van der Waals surface area contributed by atoms with Crippen molar-refractivity contribution in [1.29, 1.82) is 0 Å². The molecule has 144 valence electrons. The molecule has 1 fully saturated rings. The van der Waals surface area contributed by atoms with Crippen molar-refractivity contribution in [1.82, 2.24) is 20.8 Å². The molecule has 0 saturated heterocycles. The Morgan fingerprint density at radius 3 is 2.62 bits per heavy atom. The van der Waals surface area contributed by atoms with Crippen molar-refractivity contribution in [2.75, 3.05) is 13.1 Å². The molecule has 2 aromatic rings. The van der Waals surface area contributed by atoms with Gasteiger partial charge in [0.2, 0.25) is 0 Å². The first-order valence-electron chi connectivity index (χ1n) is 8.71. The summed E-state index contributed by atoms with van der Waals surface area (Å²) in [4.78, 5) is 16.1. The van der Waals surface area contributed by atoms with Crippen molar-refractivity contribution in [2.24, 2.45) is 0 Å². The highest BCUT2D eigenvalue weighted by Gasteiger charge is 2.14. The third kappa shape index (κ3) is 6.59. The topological polar surface area (TPSA) is 80.0 Å². The second-order valence-corrected chi connectivity index (χ2v) is 6.22. The number of pyridine rings is 1. The van der Waals surface area contributed by atoms with Crippen LogP contribution in [-0.4, -0.2) is 35.2 Å². The number of aromatic nitrogens is 2. The highest BCUT2D eigenvalue weighted by Crippen LogP contribution is 2.19. The first kappa shape index (κ1) is 22.4. The summed E-state index contributed by atoms with van der Waals surface area (Å²) in [6.45, 7) is 1.37. The van der Waals surface area contributed by atoms with Gasteiger partial charge in [0.1, 0.15) is 0 Å². The van der Waals surface area contributed by atoms with Crippen molar-refractivity contribution >= 4 is 30.7 Å². The molecule has 2 aromatic heterocycles. The number of hydrogen-bond donors (Lipinski definition) is 2. The Balaban J connectivity index is 0.00000169. The zero-order chi connectivity index (χ0) is 16.6. The highest BCUT2D eigenvalue weighted by molar-refractivity contribution is 5.93. The van der Waals surface area contributed by atoms with Gasteiger partial charge in [0, 0.05) is 43.2 Å². The van der Waals surface area contributed by atoms with Crippen molar-refractivity contribution in [3.63, 3.8) is 0 Å². The smallest absolute Gasteiger partial charge is 0.273 e. The average molecular weight is 401 g/mol. The molecule has 2 N–H and O–H groups in total. The lowest BCUT2D eigenvalue weighted by atomic mass is 10.1. The Kier molecular flexibility index (Phi) is 10.2. The molecule has 0 atom stereocenters. The third-order valence-corrected chi connectivity index (χ3v) is 4.39. The highest BCUT2D eigenvalue weighted by atomic mass is 35.5. The molecule has 2 heterocycles. The van der Waals surface area contributed by atoms with E-state index in [-0.39, 0.29) is 30.7 Å². The Morgan fingerprint density at radius 1 is 1.15 bits per heavy atom. The van der Waals surface area contributed by atoms with E-state index in [0.717, 1.165) is 12.1 Å². The van der Waals surface area contributed by atoms with Gasteiger partial charge in [-0.25, -0.2) is 0 Å². The van der Waals surface area contributed by atoms with Gasteiger partial charge in [-0.2, -0.15) is 0 Å². The van der Waals surface area contributed by atoms with Crippen molar-refractivity contribution < 1.29 is 9.32 Å². The summed E-state index contributed by atoms with van der Waals surface area (Å²) in [5.41, 5.74) is 1.10. The zero-order valence-corrected chi connectivity index (χ0v) is 16.3. The number of carbonyl (C=O) groups excluding carboxylic acids is 1. The Labute approximate surface area is 166 Å². The van der Waals surface area contributed by atoms with Crippen LogP contribution < -0.4 is 10.6 Å². The summed E-state index contributed by atoms with van der Waals surface area (Å²) in [5, 5.41) is 10.3. The SMILES string of the molecule is Cl.Cl.O=C(NCCNC1CCCCCC1)c1cc(-c2cccnc2)on1. The fourth-order valence-electron chi connectivity index (χ4n) is 3.05. The molecule has 0 aliphatic heterocycles.